The summed E-state index contributed by atoms with van der Waals surface area (Å²) in [5, 5.41) is 12.8. The van der Waals surface area contributed by atoms with Gasteiger partial charge < -0.3 is 10.4 Å². The maximum absolute atomic E-state index is 10.9. The van der Waals surface area contributed by atoms with Crippen molar-refractivity contribution < 1.29 is 9.90 Å². The van der Waals surface area contributed by atoms with E-state index in [9.17, 15) is 4.79 Å². The minimum absolute atomic E-state index is 0.0588. The molecule has 7 nitrogen and oxygen atoms in total. The Morgan fingerprint density at radius 2 is 1.92 bits per heavy atom. The molecule has 0 bridgehead atoms. The summed E-state index contributed by atoms with van der Waals surface area (Å²) in [6, 6.07) is 7.34. The zero-order chi connectivity index (χ0) is 16.8. The van der Waals surface area contributed by atoms with Crippen LogP contribution in [0.3, 0.4) is 0 Å². The third-order valence-electron chi connectivity index (χ3n) is 3.19. The lowest BCUT2D eigenvalue weighted by Crippen LogP contribution is -2.03. The lowest BCUT2D eigenvalue weighted by Gasteiger charge is -2.00. The molecule has 0 saturated carbocycles. The van der Waals surface area contributed by atoms with Gasteiger partial charge in [-0.15, -0.1) is 11.3 Å². The second-order valence-corrected chi connectivity index (χ2v) is 6.00. The summed E-state index contributed by atoms with van der Waals surface area (Å²) in [4.78, 5) is 29.0. The Bertz CT molecular complexity index is 808. The van der Waals surface area contributed by atoms with Crippen molar-refractivity contribution in [2.24, 2.45) is 0 Å². The van der Waals surface area contributed by atoms with Crippen LogP contribution in [-0.4, -0.2) is 31.0 Å². The van der Waals surface area contributed by atoms with Gasteiger partial charge >= 0.3 is 5.97 Å². The van der Waals surface area contributed by atoms with Crippen molar-refractivity contribution in [3.8, 4) is 11.4 Å². The highest BCUT2D eigenvalue weighted by Crippen LogP contribution is 2.31. The van der Waals surface area contributed by atoms with Crippen LogP contribution in [0.5, 0.6) is 0 Å². The van der Waals surface area contributed by atoms with Crippen molar-refractivity contribution >= 4 is 22.4 Å². The number of rotatable bonds is 7. The van der Waals surface area contributed by atoms with Gasteiger partial charge in [0.25, 0.3) is 0 Å². The third-order valence-corrected chi connectivity index (χ3v) is 4.26. The highest BCUT2D eigenvalue weighted by molar-refractivity contribution is 7.16. The summed E-state index contributed by atoms with van der Waals surface area (Å²) in [5.74, 6) is -0.165. The van der Waals surface area contributed by atoms with E-state index >= 15 is 0 Å². The van der Waals surface area contributed by atoms with Crippen LogP contribution in [0.2, 0.25) is 0 Å². The van der Waals surface area contributed by atoms with E-state index in [1.165, 1.54) is 11.3 Å². The standard InChI is InChI=1S/C16H15N5O2S/c22-14(23)6-5-12-15(11-4-1-2-7-17-11)21-16(24-12)20-10-13-18-8-3-9-19-13/h1-4,7-9H,5-6,10H2,(H,20,21)(H,22,23). The first-order chi connectivity index (χ1) is 11.7. The monoisotopic (exact) mass is 341 g/mol. The number of pyridine rings is 1. The maximum atomic E-state index is 10.9. The van der Waals surface area contributed by atoms with Gasteiger partial charge in [-0.1, -0.05) is 6.07 Å². The maximum Gasteiger partial charge on any atom is 0.303 e. The summed E-state index contributed by atoms with van der Waals surface area (Å²) >= 11 is 1.43. The van der Waals surface area contributed by atoms with Crippen LogP contribution in [-0.2, 0) is 17.8 Å². The average Bonchev–Trinajstić information content (AvgIpc) is 3.03. The van der Waals surface area contributed by atoms with E-state index in [0.717, 1.165) is 16.3 Å². The minimum atomic E-state index is -0.831. The second-order valence-electron chi connectivity index (χ2n) is 4.92. The Labute approximate surface area is 142 Å². The van der Waals surface area contributed by atoms with Crippen LogP contribution >= 0.6 is 11.3 Å². The van der Waals surface area contributed by atoms with Crippen molar-refractivity contribution in [3.05, 3.63) is 53.6 Å². The average molecular weight is 341 g/mol. The Morgan fingerprint density at radius 1 is 1.12 bits per heavy atom. The normalized spacial score (nSPS) is 10.5. The van der Waals surface area contributed by atoms with E-state index in [0.29, 0.717) is 23.9 Å². The number of aromatic nitrogens is 4. The molecule has 0 radical (unpaired) electrons. The van der Waals surface area contributed by atoms with Crippen molar-refractivity contribution in [2.75, 3.05) is 5.32 Å². The number of hydrogen-bond donors (Lipinski definition) is 2. The van der Waals surface area contributed by atoms with Gasteiger partial charge in [-0.25, -0.2) is 15.0 Å². The lowest BCUT2D eigenvalue weighted by atomic mass is 10.2. The van der Waals surface area contributed by atoms with Crippen LogP contribution in [0.15, 0.2) is 42.9 Å². The van der Waals surface area contributed by atoms with Crippen LogP contribution < -0.4 is 5.32 Å². The molecule has 0 aliphatic carbocycles. The van der Waals surface area contributed by atoms with Crippen LogP contribution in [0.4, 0.5) is 5.13 Å². The molecule has 3 heterocycles. The molecule has 0 fully saturated rings. The smallest absolute Gasteiger partial charge is 0.303 e. The zero-order valence-corrected chi connectivity index (χ0v) is 13.5. The molecule has 0 unspecified atom stereocenters. The molecule has 24 heavy (non-hydrogen) atoms. The van der Waals surface area contributed by atoms with E-state index in [-0.39, 0.29) is 6.42 Å². The summed E-state index contributed by atoms with van der Waals surface area (Å²) in [5.41, 5.74) is 1.46. The van der Waals surface area contributed by atoms with Crippen LogP contribution in [0, 0.1) is 0 Å². The fourth-order valence-corrected chi connectivity index (χ4v) is 3.06. The number of hydrogen-bond acceptors (Lipinski definition) is 7. The van der Waals surface area contributed by atoms with Gasteiger partial charge in [0, 0.05) is 23.5 Å². The first kappa shape index (κ1) is 16.0. The van der Waals surface area contributed by atoms with Gasteiger partial charge in [-0.2, -0.15) is 0 Å². The Balaban J connectivity index is 1.81. The summed E-state index contributed by atoms with van der Waals surface area (Å²) in [6.45, 7) is 0.453. The molecule has 3 aromatic heterocycles. The predicted octanol–water partition coefficient (Wildman–Crippen LogP) is 2.62. The van der Waals surface area contributed by atoms with E-state index in [1.54, 1.807) is 24.7 Å². The molecular weight excluding hydrogens is 326 g/mol. The fourth-order valence-electron chi connectivity index (χ4n) is 2.10. The molecule has 2 N–H and O–H groups in total. The Hall–Kier alpha value is -2.87. The number of anilines is 1. The molecule has 0 spiro atoms. The third kappa shape index (κ3) is 4.11. The molecule has 3 rings (SSSR count). The van der Waals surface area contributed by atoms with Crippen molar-refractivity contribution in [1.82, 2.24) is 19.9 Å². The molecule has 8 heteroatoms. The Morgan fingerprint density at radius 3 is 2.62 bits per heavy atom. The largest absolute Gasteiger partial charge is 0.481 e. The fraction of sp³-hybridized carbons (Fsp3) is 0.188. The van der Waals surface area contributed by atoms with Crippen molar-refractivity contribution in [1.29, 1.82) is 0 Å². The molecular formula is C16H15N5O2S. The summed E-state index contributed by atoms with van der Waals surface area (Å²) in [7, 11) is 0. The highest BCUT2D eigenvalue weighted by atomic mass is 32.1. The molecule has 0 saturated heterocycles. The second kappa shape index (κ2) is 7.60. The molecule has 0 amide bonds. The number of aliphatic carboxylic acids is 1. The van der Waals surface area contributed by atoms with Crippen molar-refractivity contribution in [3.63, 3.8) is 0 Å². The van der Waals surface area contributed by atoms with E-state index < -0.39 is 5.97 Å². The molecule has 0 aliphatic heterocycles. The van der Waals surface area contributed by atoms with Crippen LogP contribution in [0.25, 0.3) is 11.4 Å². The number of carboxylic acid groups (broad SMARTS) is 1. The number of nitrogens with zero attached hydrogens (tertiary/aromatic N) is 4. The van der Waals surface area contributed by atoms with E-state index in [1.807, 2.05) is 18.2 Å². The number of carboxylic acids is 1. The molecule has 0 aromatic carbocycles. The zero-order valence-electron chi connectivity index (χ0n) is 12.7. The lowest BCUT2D eigenvalue weighted by molar-refractivity contribution is -0.136. The van der Waals surface area contributed by atoms with Gasteiger partial charge in [0.15, 0.2) is 5.13 Å². The topological polar surface area (TPSA) is 101 Å². The van der Waals surface area contributed by atoms with Crippen molar-refractivity contribution in [2.45, 2.75) is 19.4 Å². The van der Waals surface area contributed by atoms with E-state index in [2.05, 4.69) is 25.3 Å². The van der Waals surface area contributed by atoms with Gasteiger partial charge in [-0.3, -0.25) is 9.78 Å². The highest BCUT2D eigenvalue weighted by Gasteiger charge is 2.15. The number of carbonyl (C=O) groups is 1. The van der Waals surface area contributed by atoms with E-state index in [4.69, 9.17) is 5.11 Å². The number of nitrogens with one attached hydrogen (secondary N) is 1. The minimum Gasteiger partial charge on any atom is -0.481 e. The SMILES string of the molecule is O=C(O)CCc1sc(NCc2ncccn2)nc1-c1ccccn1. The molecule has 0 aliphatic rings. The van der Waals surface area contributed by atoms with Gasteiger partial charge in [0.1, 0.15) is 11.5 Å². The summed E-state index contributed by atoms with van der Waals surface area (Å²) in [6.07, 6.45) is 5.54. The molecule has 3 aromatic rings. The number of thiazole rings is 1. The van der Waals surface area contributed by atoms with Gasteiger partial charge in [0.2, 0.25) is 0 Å². The van der Waals surface area contributed by atoms with Gasteiger partial charge in [0.05, 0.1) is 18.7 Å². The van der Waals surface area contributed by atoms with Gasteiger partial charge in [-0.05, 0) is 24.6 Å². The molecule has 0 atom stereocenters. The van der Waals surface area contributed by atoms with Crippen LogP contribution in [0.1, 0.15) is 17.1 Å². The first-order valence-corrected chi connectivity index (χ1v) is 8.16. The quantitative estimate of drug-likeness (QED) is 0.681. The Kier molecular flexibility index (Phi) is 5.07. The first-order valence-electron chi connectivity index (χ1n) is 7.35. The molecule has 122 valence electrons. The number of aryl methyl sites for hydroxylation is 1. The summed E-state index contributed by atoms with van der Waals surface area (Å²) < 4.78 is 0. The predicted molar refractivity (Wildman–Crippen MR) is 90.7 cm³/mol.